The zero-order valence-electron chi connectivity index (χ0n) is 17.6. The lowest BCUT2D eigenvalue weighted by atomic mass is 9.96. The topological polar surface area (TPSA) is 62.1 Å². The number of rotatable bonds is 4. The van der Waals surface area contributed by atoms with E-state index in [1.807, 2.05) is 78.9 Å². The van der Waals surface area contributed by atoms with Crippen molar-refractivity contribution in [3.05, 3.63) is 108 Å². The minimum absolute atomic E-state index is 0.179. The second-order valence-corrected chi connectivity index (χ2v) is 7.74. The van der Waals surface area contributed by atoms with Gasteiger partial charge < -0.3 is 9.84 Å². The number of hydrazone groups is 1. The molecule has 0 bridgehead atoms. The van der Waals surface area contributed by atoms with Crippen molar-refractivity contribution < 1.29 is 14.6 Å². The number of benzene rings is 4. The molecule has 1 heterocycles. The Bertz CT molecular complexity index is 1310. The molecular formula is C27H22N2O3. The van der Waals surface area contributed by atoms with E-state index >= 15 is 0 Å². The van der Waals surface area contributed by atoms with Crippen LogP contribution >= 0.6 is 0 Å². The molecule has 0 aliphatic carbocycles. The molecule has 5 heteroatoms. The van der Waals surface area contributed by atoms with E-state index in [2.05, 4.69) is 0 Å². The third kappa shape index (κ3) is 3.48. The van der Waals surface area contributed by atoms with Crippen LogP contribution in [-0.4, -0.2) is 28.8 Å². The van der Waals surface area contributed by atoms with Gasteiger partial charge >= 0.3 is 0 Å². The predicted molar refractivity (Wildman–Crippen MR) is 125 cm³/mol. The minimum atomic E-state index is -0.283. The van der Waals surface area contributed by atoms with E-state index in [4.69, 9.17) is 9.84 Å². The van der Waals surface area contributed by atoms with E-state index in [0.29, 0.717) is 23.3 Å². The zero-order valence-corrected chi connectivity index (χ0v) is 17.6. The lowest BCUT2D eigenvalue weighted by Gasteiger charge is -2.22. The van der Waals surface area contributed by atoms with Crippen LogP contribution in [0.5, 0.6) is 11.5 Å². The highest BCUT2D eigenvalue weighted by Gasteiger charge is 2.34. The molecule has 1 aliphatic heterocycles. The first kappa shape index (κ1) is 19.8. The minimum Gasteiger partial charge on any atom is -0.507 e. The Morgan fingerprint density at radius 1 is 0.938 bits per heavy atom. The summed E-state index contributed by atoms with van der Waals surface area (Å²) in [5, 5.41) is 18.9. The van der Waals surface area contributed by atoms with Crippen LogP contribution in [0.1, 0.15) is 33.9 Å². The molecule has 1 amide bonds. The third-order valence-corrected chi connectivity index (χ3v) is 5.85. The van der Waals surface area contributed by atoms with Crippen molar-refractivity contribution >= 4 is 22.4 Å². The van der Waals surface area contributed by atoms with Crippen LogP contribution in [0.15, 0.2) is 96.1 Å². The summed E-state index contributed by atoms with van der Waals surface area (Å²) in [5.74, 6) is 0.757. The molecule has 32 heavy (non-hydrogen) atoms. The summed E-state index contributed by atoms with van der Waals surface area (Å²) >= 11 is 0. The summed E-state index contributed by atoms with van der Waals surface area (Å²) in [5.41, 5.74) is 2.84. The molecule has 0 saturated heterocycles. The number of hydrogen-bond donors (Lipinski definition) is 1. The molecule has 0 unspecified atom stereocenters. The summed E-state index contributed by atoms with van der Waals surface area (Å²) in [7, 11) is 1.62. The summed E-state index contributed by atoms with van der Waals surface area (Å²) < 4.78 is 5.28. The van der Waals surface area contributed by atoms with Gasteiger partial charge in [0.15, 0.2) is 0 Å². The maximum Gasteiger partial charge on any atom is 0.274 e. The highest BCUT2D eigenvalue weighted by molar-refractivity contribution is 6.10. The van der Waals surface area contributed by atoms with Gasteiger partial charge in [-0.25, -0.2) is 5.01 Å². The summed E-state index contributed by atoms with van der Waals surface area (Å²) in [6.07, 6.45) is 0.497. The fraction of sp³-hybridized carbons (Fsp3) is 0.111. The number of amides is 1. The number of aromatic hydroxyl groups is 1. The first-order chi connectivity index (χ1) is 15.7. The Labute approximate surface area is 186 Å². The number of carbonyl (C=O) groups is 1. The molecule has 0 aromatic heterocycles. The van der Waals surface area contributed by atoms with Crippen LogP contribution in [0, 0.1) is 0 Å². The SMILES string of the molecule is COc1ccc([C@@H]2CC(c3ccc4ccccc4c3O)=NN2C(=O)c2ccccc2)cc1. The molecule has 5 rings (SSSR count). The van der Waals surface area contributed by atoms with Crippen LogP contribution in [0.3, 0.4) is 0 Å². The van der Waals surface area contributed by atoms with Gasteiger partial charge in [0.25, 0.3) is 5.91 Å². The number of ether oxygens (including phenoxy) is 1. The average Bonchev–Trinajstić information content (AvgIpc) is 3.29. The lowest BCUT2D eigenvalue weighted by molar-refractivity contribution is 0.0711. The molecule has 4 aromatic rings. The van der Waals surface area contributed by atoms with Crippen LogP contribution in [0.2, 0.25) is 0 Å². The number of phenols is 1. The Kier molecular flexibility index (Phi) is 5.07. The van der Waals surface area contributed by atoms with E-state index < -0.39 is 0 Å². The molecule has 158 valence electrons. The van der Waals surface area contributed by atoms with E-state index in [-0.39, 0.29) is 17.7 Å². The number of phenolic OH excluding ortho intramolecular Hbond substituents is 1. The van der Waals surface area contributed by atoms with Gasteiger partial charge in [-0.3, -0.25) is 4.79 Å². The van der Waals surface area contributed by atoms with Crippen molar-refractivity contribution in [1.82, 2.24) is 5.01 Å². The molecule has 4 aromatic carbocycles. The quantitative estimate of drug-likeness (QED) is 0.469. The Morgan fingerprint density at radius 3 is 2.41 bits per heavy atom. The Morgan fingerprint density at radius 2 is 1.66 bits per heavy atom. The first-order valence-electron chi connectivity index (χ1n) is 10.5. The molecule has 0 spiro atoms. The fourth-order valence-corrected chi connectivity index (χ4v) is 4.15. The van der Waals surface area contributed by atoms with Crippen molar-refractivity contribution in [2.45, 2.75) is 12.5 Å². The maximum atomic E-state index is 13.4. The standard InChI is InChI=1S/C27H22N2O3/c1-32-21-14-11-19(12-15-21)25-17-24(28-29(25)27(31)20-8-3-2-4-9-20)23-16-13-18-7-5-6-10-22(18)26(23)30/h2-16,25,30H,17H2,1H3/t25-/m0/s1. The van der Waals surface area contributed by atoms with Gasteiger partial charge in [0.1, 0.15) is 11.5 Å². The molecule has 0 fully saturated rings. The molecule has 1 atom stereocenters. The van der Waals surface area contributed by atoms with E-state index in [0.717, 1.165) is 22.1 Å². The average molecular weight is 422 g/mol. The van der Waals surface area contributed by atoms with Crippen LogP contribution in [0.25, 0.3) is 10.8 Å². The van der Waals surface area contributed by atoms with Gasteiger partial charge in [-0.05, 0) is 41.3 Å². The van der Waals surface area contributed by atoms with E-state index in [1.54, 1.807) is 19.2 Å². The maximum absolute atomic E-state index is 13.4. The van der Waals surface area contributed by atoms with E-state index in [9.17, 15) is 9.90 Å². The van der Waals surface area contributed by atoms with Gasteiger partial charge in [0.2, 0.25) is 0 Å². The molecular weight excluding hydrogens is 400 g/mol. The van der Waals surface area contributed by atoms with Gasteiger partial charge in [-0.1, -0.05) is 60.7 Å². The van der Waals surface area contributed by atoms with Crippen LogP contribution in [-0.2, 0) is 0 Å². The lowest BCUT2D eigenvalue weighted by Crippen LogP contribution is -2.27. The summed E-state index contributed by atoms with van der Waals surface area (Å²) in [6.45, 7) is 0. The third-order valence-electron chi connectivity index (χ3n) is 5.85. The van der Waals surface area contributed by atoms with Crippen molar-refractivity contribution in [2.24, 2.45) is 5.10 Å². The molecule has 5 nitrogen and oxygen atoms in total. The smallest absolute Gasteiger partial charge is 0.274 e. The first-order valence-corrected chi connectivity index (χ1v) is 10.5. The van der Waals surface area contributed by atoms with Gasteiger partial charge in [-0.2, -0.15) is 5.10 Å². The van der Waals surface area contributed by atoms with Crippen molar-refractivity contribution in [3.8, 4) is 11.5 Å². The number of fused-ring (bicyclic) bond motifs is 1. The number of carbonyl (C=O) groups excluding carboxylic acids is 1. The highest BCUT2D eigenvalue weighted by atomic mass is 16.5. The van der Waals surface area contributed by atoms with Crippen LogP contribution < -0.4 is 4.74 Å². The Balaban J connectivity index is 1.58. The zero-order chi connectivity index (χ0) is 22.1. The van der Waals surface area contributed by atoms with Gasteiger partial charge in [0.05, 0.1) is 18.9 Å². The van der Waals surface area contributed by atoms with Crippen molar-refractivity contribution in [2.75, 3.05) is 7.11 Å². The second-order valence-electron chi connectivity index (χ2n) is 7.74. The van der Waals surface area contributed by atoms with Gasteiger partial charge in [0, 0.05) is 22.9 Å². The molecule has 1 N–H and O–H groups in total. The summed E-state index contributed by atoms with van der Waals surface area (Å²) in [4.78, 5) is 13.4. The number of methoxy groups -OCH3 is 1. The molecule has 0 saturated carbocycles. The van der Waals surface area contributed by atoms with Crippen LogP contribution in [0.4, 0.5) is 0 Å². The normalized spacial score (nSPS) is 15.6. The largest absolute Gasteiger partial charge is 0.507 e. The highest BCUT2D eigenvalue weighted by Crippen LogP contribution is 2.38. The Hall–Kier alpha value is -4.12. The van der Waals surface area contributed by atoms with E-state index in [1.165, 1.54) is 5.01 Å². The van der Waals surface area contributed by atoms with Crippen molar-refractivity contribution in [1.29, 1.82) is 0 Å². The fourth-order valence-electron chi connectivity index (χ4n) is 4.15. The summed E-state index contributed by atoms with van der Waals surface area (Å²) in [6, 6.07) is 28.0. The molecule has 0 radical (unpaired) electrons. The predicted octanol–water partition coefficient (Wildman–Crippen LogP) is 5.55. The number of hydrogen-bond acceptors (Lipinski definition) is 4. The second kappa shape index (κ2) is 8.19. The molecule has 1 aliphatic rings. The van der Waals surface area contributed by atoms with Gasteiger partial charge in [-0.15, -0.1) is 0 Å². The van der Waals surface area contributed by atoms with Crippen molar-refractivity contribution in [3.63, 3.8) is 0 Å². The number of nitrogens with zero attached hydrogens (tertiary/aromatic N) is 2. The monoisotopic (exact) mass is 422 g/mol.